The zero-order valence-corrected chi connectivity index (χ0v) is 11.2. The highest BCUT2D eigenvalue weighted by atomic mass is 79.9. The molecule has 98 valence electrons. The number of urea groups is 1. The van der Waals surface area contributed by atoms with Gasteiger partial charge in [0.05, 0.1) is 5.70 Å². The first-order chi connectivity index (χ1) is 9.04. The molecule has 0 spiro atoms. The molecule has 0 atom stereocenters. The van der Waals surface area contributed by atoms with Crippen LogP contribution in [0.5, 0.6) is 0 Å². The summed E-state index contributed by atoms with van der Waals surface area (Å²) in [4.78, 5) is 34.0. The highest BCUT2D eigenvalue weighted by Crippen LogP contribution is 2.10. The molecule has 0 aromatic heterocycles. The number of esters is 1. The molecule has 2 N–H and O–H groups in total. The van der Waals surface area contributed by atoms with Crippen LogP contribution in [-0.2, 0) is 9.53 Å². The van der Waals surface area contributed by atoms with Gasteiger partial charge in [0.1, 0.15) is 6.61 Å². The largest absolute Gasteiger partial charge is 0.456 e. The molecule has 0 fully saturated rings. The topological polar surface area (TPSA) is 84.5 Å². The number of imide groups is 1. The van der Waals surface area contributed by atoms with Gasteiger partial charge in [-0.15, -0.1) is 0 Å². The lowest BCUT2D eigenvalue weighted by Gasteiger charge is -2.06. The number of hydrogen-bond donors (Lipinski definition) is 2. The Balaban J connectivity index is 1.92. The van der Waals surface area contributed by atoms with E-state index in [-0.39, 0.29) is 6.61 Å². The SMILES string of the molecule is O=C(NC(=O)c1ccc(Br)cc1)NC1=CC(=O)OC1. The van der Waals surface area contributed by atoms with E-state index >= 15 is 0 Å². The summed E-state index contributed by atoms with van der Waals surface area (Å²) in [6, 6.07) is 5.83. The standard InChI is InChI=1S/C12H9BrN2O4/c13-8-3-1-7(2-4-8)11(17)15-12(18)14-9-5-10(16)19-6-9/h1-5H,6H2,(H2,14,15,17,18). The van der Waals surface area contributed by atoms with Crippen LogP contribution in [0.1, 0.15) is 10.4 Å². The van der Waals surface area contributed by atoms with Crippen molar-refractivity contribution in [1.82, 2.24) is 10.6 Å². The van der Waals surface area contributed by atoms with Crippen LogP contribution in [-0.4, -0.2) is 24.5 Å². The highest BCUT2D eigenvalue weighted by Gasteiger charge is 2.16. The van der Waals surface area contributed by atoms with Crippen molar-refractivity contribution in [3.63, 3.8) is 0 Å². The number of benzene rings is 1. The number of rotatable bonds is 2. The summed E-state index contributed by atoms with van der Waals surface area (Å²) in [6.45, 7) is -0.00126. The number of hydrogen-bond acceptors (Lipinski definition) is 4. The van der Waals surface area contributed by atoms with Gasteiger partial charge in [-0.3, -0.25) is 10.1 Å². The van der Waals surface area contributed by atoms with Crippen LogP contribution in [0.3, 0.4) is 0 Å². The number of ether oxygens (including phenoxy) is 1. The fourth-order valence-electron chi connectivity index (χ4n) is 1.40. The summed E-state index contributed by atoms with van der Waals surface area (Å²) >= 11 is 3.25. The molecule has 0 saturated heterocycles. The molecular formula is C12H9BrN2O4. The number of amides is 3. The molecule has 0 aliphatic carbocycles. The molecule has 19 heavy (non-hydrogen) atoms. The Hall–Kier alpha value is -2.15. The van der Waals surface area contributed by atoms with Crippen LogP contribution in [0.2, 0.25) is 0 Å². The Morgan fingerprint density at radius 3 is 2.47 bits per heavy atom. The fraction of sp³-hybridized carbons (Fsp3) is 0.0833. The van der Waals surface area contributed by atoms with E-state index in [1.165, 1.54) is 0 Å². The lowest BCUT2D eigenvalue weighted by molar-refractivity contribution is -0.134. The van der Waals surface area contributed by atoms with Crippen LogP contribution in [0.25, 0.3) is 0 Å². The quantitative estimate of drug-likeness (QED) is 0.804. The average molecular weight is 325 g/mol. The summed E-state index contributed by atoms with van der Waals surface area (Å²) in [5, 5.41) is 4.50. The molecule has 7 heteroatoms. The zero-order chi connectivity index (χ0) is 13.8. The molecule has 1 aliphatic rings. The third kappa shape index (κ3) is 3.65. The number of halogens is 1. The van der Waals surface area contributed by atoms with Crippen molar-refractivity contribution in [2.75, 3.05) is 6.61 Å². The van der Waals surface area contributed by atoms with Gasteiger partial charge in [-0.05, 0) is 24.3 Å². The molecular weight excluding hydrogens is 316 g/mol. The Labute approximate surface area is 116 Å². The number of nitrogens with one attached hydrogen (secondary N) is 2. The van der Waals surface area contributed by atoms with Crippen molar-refractivity contribution in [2.45, 2.75) is 0 Å². The number of cyclic esters (lactones) is 1. The molecule has 0 bridgehead atoms. The van der Waals surface area contributed by atoms with Crippen molar-refractivity contribution in [3.8, 4) is 0 Å². The normalized spacial score (nSPS) is 13.5. The summed E-state index contributed by atoms with van der Waals surface area (Å²) < 4.78 is 5.44. The van der Waals surface area contributed by atoms with E-state index in [2.05, 4.69) is 31.3 Å². The highest BCUT2D eigenvalue weighted by molar-refractivity contribution is 9.10. The third-order valence-corrected chi connectivity index (χ3v) is 2.80. The van der Waals surface area contributed by atoms with Crippen LogP contribution in [0.4, 0.5) is 4.79 Å². The van der Waals surface area contributed by atoms with Crippen molar-refractivity contribution in [3.05, 3.63) is 46.1 Å². The van der Waals surface area contributed by atoms with Crippen LogP contribution in [0, 0.1) is 0 Å². The van der Waals surface area contributed by atoms with Gasteiger partial charge in [-0.2, -0.15) is 0 Å². The predicted molar refractivity (Wildman–Crippen MR) is 69.2 cm³/mol. The molecule has 3 amide bonds. The molecule has 1 heterocycles. The van der Waals surface area contributed by atoms with Crippen molar-refractivity contribution in [1.29, 1.82) is 0 Å². The maximum atomic E-state index is 11.7. The summed E-state index contributed by atoms with van der Waals surface area (Å²) in [7, 11) is 0. The minimum atomic E-state index is -0.711. The number of carbonyl (C=O) groups excluding carboxylic acids is 3. The molecule has 0 saturated carbocycles. The van der Waals surface area contributed by atoms with E-state index in [0.717, 1.165) is 10.5 Å². The molecule has 1 aromatic rings. The second kappa shape index (κ2) is 5.66. The Bertz CT molecular complexity index is 566. The van der Waals surface area contributed by atoms with Gasteiger partial charge >= 0.3 is 12.0 Å². The predicted octanol–water partition coefficient (Wildman–Crippen LogP) is 1.33. The Kier molecular flexibility index (Phi) is 3.96. The summed E-state index contributed by atoms with van der Waals surface area (Å²) in [5.41, 5.74) is 0.664. The third-order valence-electron chi connectivity index (χ3n) is 2.27. The van der Waals surface area contributed by atoms with Crippen molar-refractivity contribution < 1.29 is 19.1 Å². The van der Waals surface area contributed by atoms with E-state index in [1.807, 2.05) is 0 Å². The van der Waals surface area contributed by atoms with E-state index in [9.17, 15) is 14.4 Å². The second-order valence-corrected chi connectivity index (χ2v) is 4.61. The zero-order valence-electron chi connectivity index (χ0n) is 9.60. The van der Waals surface area contributed by atoms with Gasteiger partial charge in [0.15, 0.2) is 0 Å². The maximum absolute atomic E-state index is 11.7. The van der Waals surface area contributed by atoms with E-state index < -0.39 is 17.9 Å². The first-order valence-corrected chi connectivity index (χ1v) is 6.09. The first-order valence-electron chi connectivity index (χ1n) is 5.30. The minimum Gasteiger partial charge on any atom is -0.456 e. The van der Waals surface area contributed by atoms with E-state index in [4.69, 9.17) is 0 Å². The van der Waals surface area contributed by atoms with Gasteiger partial charge in [0, 0.05) is 16.1 Å². The summed E-state index contributed by atoms with van der Waals surface area (Å²) in [6.07, 6.45) is 1.16. The number of carbonyl (C=O) groups is 3. The molecule has 6 nitrogen and oxygen atoms in total. The average Bonchev–Trinajstić information content (AvgIpc) is 2.75. The molecule has 1 aromatic carbocycles. The van der Waals surface area contributed by atoms with Gasteiger partial charge in [-0.1, -0.05) is 15.9 Å². The molecule has 0 unspecified atom stereocenters. The Morgan fingerprint density at radius 1 is 1.21 bits per heavy atom. The van der Waals surface area contributed by atoms with Gasteiger partial charge in [-0.25, -0.2) is 9.59 Å². The lowest BCUT2D eigenvalue weighted by Crippen LogP contribution is -2.39. The molecule has 1 aliphatic heterocycles. The van der Waals surface area contributed by atoms with Crippen molar-refractivity contribution in [2.24, 2.45) is 0 Å². The van der Waals surface area contributed by atoms with Crippen LogP contribution >= 0.6 is 15.9 Å². The lowest BCUT2D eigenvalue weighted by atomic mass is 10.2. The van der Waals surface area contributed by atoms with Gasteiger partial charge in [0.25, 0.3) is 5.91 Å². The van der Waals surface area contributed by atoms with E-state index in [0.29, 0.717) is 11.3 Å². The minimum absolute atomic E-state index is 0.00126. The first kappa shape index (κ1) is 13.3. The van der Waals surface area contributed by atoms with Gasteiger partial charge < -0.3 is 10.1 Å². The molecule has 2 rings (SSSR count). The van der Waals surface area contributed by atoms with E-state index in [1.54, 1.807) is 24.3 Å². The summed E-state index contributed by atoms with van der Waals surface area (Å²) in [5.74, 6) is -1.05. The smallest absolute Gasteiger partial charge is 0.333 e. The van der Waals surface area contributed by atoms with Crippen LogP contribution < -0.4 is 10.6 Å². The molecule has 0 radical (unpaired) electrons. The Morgan fingerprint density at radius 2 is 1.89 bits per heavy atom. The van der Waals surface area contributed by atoms with Gasteiger partial charge in [0.2, 0.25) is 0 Å². The van der Waals surface area contributed by atoms with Crippen molar-refractivity contribution >= 4 is 33.8 Å². The monoisotopic (exact) mass is 324 g/mol. The second-order valence-electron chi connectivity index (χ2n) is 3.69. The maximum Gasteiger partial charge on any atom is 0.333 e. The van der Waals surface area contributed by atoms with Crippen LogP contribution in [0.15, 0.2) is 40.5 Å². The fourth-order valence-corrected chi connectivity index (χ4v) is 1.66.